The average molecular weight is 432 g/mol. The summed E-state index contributed by atoms with van der Waals surface area (Å²) in [6.07, 6.45) is -2.39. The number of rotatable bonds is 4. The Balaban J connectivity index is 1.87. The van der Waals surface area contributed by atoms with Gasteiger partial charge in [-0.15, -0.1) is 0 Å². The third kappa shape index (κ3) is 5.60. The number of carbonyl (C=O) groups is 1. The first kappa shape index (κ1) is 22.7. The highest BCUT2D eigenvalue weighted by atomic mass is 19.4. The Hall–Kier alpha value is -2.96. The maximum Gasteiger partial charge on any atom is 0.416 e. The van der Waals surface area contributed by atoms with Gasteiger partial charge < -0.3 is 15.0 Å². The minimum absolute atomic E-state index is 0.0448. The lowest BCUT2D eigenvalue weighted by Gasteiger charge is -2.37. The molecule has 1 heterocycles. The normalized spacial score (nSPS) is 16.5. The second-order valence-electron chi connectivity index (χ2n) is 8.66. The Kier molecular flexibility index (Phi) is 6.34. The van der Waals surface area contributed by atoms with Gasteiger partial charge in [0, 0.05) is 24.5 Å². The van der Waals surface area contributed by atoms with Crippen molar-refractivity contribution >= 4 is 23.5 Å². The lowest BCUT2D eigenvalue weighted by molar-refractivity contribution is -0.137. The van der Waals surface area contributed by atoms with Crippen molar-refractivity contribution in [3.63, 3.8) is 0 Å². The van der Waals surface area contributed by atoms with Crippen LogP contribution in [0, 0.1) is 5.92 Å². The van der Waals surface area contributed by atoms with E-state index in [1.165, 1.54) is 12.1 Å². The molecule has 4 nitrogen and oxygen atoms in total. The minimum atomic E-state index is -4.38. The molecule has 0 radical (unpaired) electrons. The molecular formula is C24H27F3N2O2. The number of nitrogens with zero attached hydrogens (tertiary/aromatic N) is 1. The molecule has 0 aromatic heterocycles. The summed E-state index contributed by atoms with van der Waals surface area (Å²) in [7, 11) is 0. The Bertz CT molecular complexity index is 947. The van der Waals surface area contributed by atoms with Gasteiger partial charge in [0.15, 0.2) is 0 Å². The Morgan fingerprint density at radius 2 is 1.87 bits per heavy atom. The number of hydrogen-bond acceptors (Lipinski definition) is 3. The molecule has 0 fully saturated rings. The molecule has 2 aromatic rings. The molecule has 0 saturated carbocycles. The largest absolute Gasteiger partial charge is 0.444 e. The topological polar surface area (TPSA) is 41.6 Å². The van der Waals surface area contributed by atoms with Crippen LogP contribution in [0.2, 0.25) is 0 Å². The van der Waals surface area contributed by atoms with E-state index in [-0.39, 0.29) is 5.92 Å². The van der Waals surface area contributed by atoms with E-state index in [0.717, 1.165) is 28.9 Å². The number of nitrogens with one attached hydrogen (secondary N) is 1. The molecule has 0 saturated heterocycles. The number of benzene rings is 2. The van der Waals surface area contributed by atoms with Gasteiger partial charge in [-0.05, 0) is 74.6 Å². The molecule has 31 heavy (non-hydrogen) atoms. The van der Waals surface area contributed by atoms with Crippen LogP contribution in [0.5, 0.6) is 0 Å². The van der Waals surface area contributed by atoms with Crippen LogP contribution in [0.3, 0.4) is 0 Å². The van der Waals surface area contributed by atoms with Crippen LogP contribution in [-0.2, 0) is 17.3 Å². The van der Waals surface area contributed by atoms with Crippen molar-refractivity contribution in [3.05, 3.63) is 65.7 Å². The minimum Gasteiger partial charge on any atom is -0.444 e. The van der Waals surface area contributed by atoms with Gasteiger partial charge in [0.2, 0.25) is 0 Å². The predicted molar refractivity (Wildman–Crippen MR) is 116 cm³/mol. The summed E-state index contributed by atoms with van der Waals surface area (Å²) in [5, 5.41) is 2.82. The first-order valence-electron chi connectivity index (χ1n) is 10.1. The summed E-state index contributed by atoms with van der Waals surface area (Å²) in [5.74, 6) is 0.0448. The number of alkyl carbamates (subject to hydrolysis) is 1. The molecule has 1 aliphatic heterocycles. The maximum absolute atomic E-state index is 13.0. The molecule has 1 atom stereocenters. The van der Waals surface area contributed by atoms with E-state index < -0.39 is 23.4 Å². The van der Waals surface area contributed by atoms with E-state index in [0.29, 0.717) is 25.2 Å². The second-order valence-corrected chi connectivity index (χ2v) is 8.66. The quantitative estimate of drug-likeness (QED) is 0.627. The van der Waals surface area contributed by atoms with E-state index in [4.69, 9.17) is 4.74 Å². The molecule has 3 rings (SSSR count). The van der Waals surface area contributed by atoms with Gasteiger partial charge in [0.25, 0.3) is 0 Å². The maximum atomic E-state index is 13.0. The van der Waals surface area contributed by atoms with E-state index >= 15 is 0 Å². The fourth-order valence-corrected chi connectivity index (χ4v) is 3.72. The van der Waals surface area contributed by atoms with Crippen LogP contribution < -0.4 is 10.2 Å². The summed E-state index contributed by atoms with van der Waals surface area (Å²) < 4.78 is 44.2. The molecule has 166 valence electrons. The van der Waals surface area contributed by atoms with Crippen LogP contribution in [0.1, 0.15) is 37.5 Å². The van der Waals surface area contributed by atoms with Crippen molar-refractivity contribution in [1.29, 1.82) is 0 Å². The summed E-state index contributed by atoms with van der Waals surface area (Å²) in [5.41, 5.74) is 2.35. The van der Waals surface area contributed by atoms with Crippen LogP contribution in [0.15, 0.2) is 49.0 Å². The van der Waals surface area contributed by atoms with Crippen molar-refractivity contribution < 1.29 is 22.7 Å². The smallest absolute Gasteiger partial charge is 0.416 e. The van der Waals surface area contributed by atoms with Gasteiger partial charge in [-0.1, -0.05) is 24.8 Å². The highest BCUT2D eigenvalue weighted by molar-refractivity contribution is 5.73. The van der Waals surface area contributed by atoms with Crippen molar-refractivity contribution in [2.24, 2.45) is 5.92 Å². The van der Waals surface area contributed by atoms with E-state index in [1.807, 2.05) is 23.1 Å². The SMILES string of the molecule is C=Cc1cccc2c1CC(CNC(=O)OC(C)(C)C)CN2c1ccc(C(F)(F)F)cc1. The Morgan fingerprint density at radius 1 is 1.19 bits per heavy atom. The second kappa shape index (κ2) is 8.65. The number of hydrogen-bond donors (Lipinski definition) is 1. The zero-order valence-electron chi connectivity index (χ0n) is 17.9. The lowest BCUT2D eigenvalue weighted by Crippen LogP contribution is -2.41. The zero-order valence-corrected chi connectivity index (χ0v) is 17.9. The van der Waals surface area contributed by atoms with Crippen molar-refractivity contribution in [1.82, 2.24) is 5.32 Å². The first-order chi connectivity index (χ1) is 14.5. The van der Waals surface area contributed by atoms with Gasteiger partial charge in [-0.2, -0.15) is 13.2 Å². The van der Waals surface area contributed by atoms with Gasteiger partial charge in [-0.3, -0.25) is 0 Å². The first-order valence-corrected chi connectivity index (χ1v) is 10.1. The Labute approximate surface area is 180 Å². The highest BCUT2D eigenvalue weighted by Crippen LogP contribution is 2.38. The van der Waals surface area contributed by atoms with E-state index in [9.17, 15) is 18.0 Å². The molecule has 1 N–H and O–H groups in total. The van der Waals surface area contributed by atoms with Crippen molar-refractivity contribution in [2.75, 3.05) is 18.0 Å². The molecular weight excluding hydrogens is 405 g/mol. The van der Waals surface area contributed by atoms with Crippen LogP contribution >= 0.6 is 0 Å². The fourth-order valence-electron chi connectivity index (χ4n) is 3.72. The van der Waals surface area contributed by atoms with Gasteiger partial charge in [0.05, 0.1) is 5.56 Å². The summed E-state index contributed by atoms with van der Waals surface area (Å²) >= 11 is 0. The van der Waals surface area contributed by atoms with Crippen LogP contribution in [0.25, 0.3) is 6.08 Å². The molecule has 0 spiro atoms. The highest BCUT2D eigenvalue weighted by Gasteiger charge is 2.31. The molecule has 0 aliphatic carbocycles. The van der Waals surface area contributed by atoms with Gasteiger partial charge >= 0.3 is 12.3 Å². The number of ether oxygens (including phenoxy) is 1. The zero-order chi connectivity index (χ0) is 22.8. The predicted octanol–water partition coefficient (Wildman–Crippen LogP) is 6.18. The number of anilines is 2. The number of halogens is 3. The van der Waals surface area contributed by atoms with Gasteiger partial charge in [-0.25, -0.2) is 4.79 Å². The summed E-state index contributed by atoms with van der Waals surface area (Å²) in [6.45, 7) is 10.2. The lowest BCUT2D eigenvalue weighted by atomic mass is 9.88. The van der Waals surface area contributed by atoms with Crippen molar-refractivity contribution in [2.45, 2.75) is 39.0 Å². The fraction of sp³-hybridized carbons (Fsp3) is 0.375. The van der Waals surface area contributed by atoms with E-state index in [2.05, 4.69) is 11.9 Å². The molecule has 1 amide bonds. The van der Waals surface area contributed by atoms with Crippen LogP contribution in [-0.4, -0.2) is 24.8 Å². The third-order valence-electron chi connectivity index (χ3n) is 5.07. The Morgan fingerprint density at radius 3 is 2.45 bits per heavy atom. The molecule has 7 heteroatoms. The van der Waals surface area contributed by atoms with Gasteiger partial charge in [0.1, 0.15) is 5.60 Å². The standard InChI is InChI=1S/C24H27F3N2O2/c1-5-17-7-6-8-21-20(17)13-16(14-28-22(30)31-23(2,3)4)15-29(21)19-11-9-18(10-12-19)24(25,26)27/h5-12,16H,1,13-15H2,2-4H3,(H,28,30). The van der Waals surface area contributed by atoms with Crippen LogP contribution in [0.4, 0.5) is 29.3 Å². The molecule has 0 bridgehead atoms. The van der Waals surface area contributed by atoms with E-state index in [1.54, 1.807) is 26.8 Å². The number of amides is 1. The summed E-state index contributed by atoms with van der Waals surface area (Å²) in [4.78, 5) is 14.1. The molecule has 1 unspecified atom stereocenters. The monoisotopic (exact) mass is 432 g/mol. The molecule has 2 aromatic carbocycles. The van der Waals surface area contributed by atoms with Crippen molar-refractivity contribution in [3.8, 4) is 0 Å². The number of fused-ring (bicyclic) bond motifs is 1. The number of alkyl halides is 3. The third-order valence-corrected chi connectivity index (χ3v) is 5.07. The number of carbonyl (C=O) groups excluding carboxylic acids is 1. The summed E-state index contributed by atoms with van der Waals surface area (Å²) in [6, 6.07) is 11.0. The average Bonchev–Trinajstić information content (AvgIpc) is 2.69. The molecule has 1 aliphatic rings.